The molecule has 1 aliphatic heterocycles. The monoisotopic (exact) mass is 455 g/mol. The van der Waals surface area contributed by atoms with E-state index in [1.54, 1.807) is 27.7 Å². The Bertz CT molecular complexity index is 1110. The van der Waals surface area contributed by atoms with Crippen LogP contribution in [0.4, 0.5) is 0 Å². The van der Waals surface area contributed by atoms with E-state index >= 15 is 0 Å². The second-order valence-corrected chi connectivity index (χ2v) is 10.4. The number of thiazole rings is 1. The lowest BCUT2D eigenvalue weighted by Gasteiger charge is -2.26. The van der Waals surface area contributed by atoms with Crippen molar-refractivity contribution < 1.29 is 18.0 Å². The average molecular weight is 456 g/mol. The van der Waals surface area contributed by atoms with Gasteiger partial charge in [-0.15, -0.1) is 6.58 Å². The van der Waals surface area contributed by atoms with Crippen LogP contribution in [-0.2, 0) is 26.0 Å². The zero-order chi connectivity index (χ0) is 21.0. The Morgan fingerprint density at radius 3 is 2.62 bits per heavy atom. The molecule has 1 aromatic heterocycles. The Labute approximate surface area is 178 Å². The molecule has 2 heterocycles. The van der Waals surface area contributed by atoms with Crippen LogP contribution in [0.2, 0.25) is 5.02 Å². The third-order valence-electron chi connectivity index (χ3n) is 4.57. The number of carbonyl (C=O) groups is 2. The lowest BCUT2D eigenvalue weighted by molar-refractivity contribution is -0.129. The number of carbonyl (C=O) groups excluding carboxylic acids is 2. The molecule has 1 fully saturated rings. The van der Waals surface area contributed by atoms with Gasteiger partial charge >= 0.3 is 0 Å². The lowest BCUT2D eigenvalue weighted by atomic mass is 10.1. The zero-order valence-electron chi connectivity index (χ0n) is 15.8. The van der Waals surface area contributed by atoms with Gasteiger partial charge in [0.25, 0.3) is 5.91 Å². The standard InChI is InChI=1S/C19H22ClN3O4S2/c1-2-8-23-15-7-6-14(20)11-16(15)28-19(23)21-17(24)12-29(26,27)13-18(25)22-9-4-3-5-10-22/h2,6-7,11H,1,3-5,8-10,12-13H2. The van der Waals surface area contributed by atoms with E-state index in [1.165, 1.54) is 11.3 Å². The normalized spacial score (nSPS) is 15.6. The first kappa shape index (κ1) is 21.7. The van der Waals surface area contributed by atoms with Crippen molar-refractivity contribution in [2.45, 2.75) is 25.8 Å². The highest BCUT2D eigenvalue weighted by Gasteiger charge is 2.25. The average Bonchev–Trinajstić information content (AvgIpc) is 2.98. The molecule has 0 N–H and O–H groups in total. The number of hydrogen-bond acceptors (Lipinski definition) is 5. The third-order valence-corrected chi connectivity index (χ3v) is 7.22. The summed E-state index contributed by atoms with van der Waals surface area (Å²) in [5.41, 5.74) is 0.828. The molecule has 0 spiro atoms. The maximum Gasteiger partial charge on any atom is 0.263 e. The Balaban J connectivity index is 1.79. The smallest absolute Gasteiger partial charge is 0.263 e. The fraction of sp³-hybridized carbons (Fsp3) is 0.421. The summed E-state index contributed by atoms with van der Waals surface area (Å²) in [4.78, 5) is 30.5. The number of allylic oxidation sites excluding steroid dienone is 1. The van der Waals surface area contributed by atoms with Crippen molar-refractivity contribution in [3.05, 3.63) is 40.7 Å². The topological polar surface area (TPSA) is 88.8 Å². The van der Waals surface area contributed by atoms with Gasteiger partial charge in [0.05, 0.1) is 10.2 Å². The number of benzene rings is 1. The van der Waals surface area contributed by atoms with Crippen LogP contribution in [-0.4, -0.2) is 54.3 Å². The number of fused-ring (bicyclic) bond motifs is 1. The van der Waals surface area contributed by atoms with Crippen LogP contribution < -0.4 is 4.80 Å². The number of rotatable bonds is 6. The van der Waals surface area contributed by atoms with Crippen molar-refractivity contribution in [2.24, 2.45) is 4.99 Å². The molecule has 2 aromatic rings. The highest BCUT2D eigenvalue weighted by molar-refractivity contribution is 7.92. The van der Waals surface area contributed by atoms with E-state index < -0.39 is 33.2 Å². The van der Waals surface area contributed by atoms with Gasteiger partial charge in [0.1, 0.15) is 11.5 Å². The van der Waals surface area contributed by atoms with Gasteiger partial charge in [-0.25, -0.2) is 8.42 Å². The first-order valence-corrected chi connectivity index (χ1v) is 12.3. The minimum Gasteiger partial charge on any atom is -0.342 e. The van der Waals surface area contributed by atoms with E-state index in [0.29, 0.717) is 29.5 Å². The summed E-state index contributed by atoms with van der Waals surface area (Å²) in [6.07, 6.45) is 4.45. The Morgan fingerprint density at radius 2 is 1.93 bits per heavy atom. The number of aromatic nitrogens is 1. The summed E-state index contributed by atoms with van der Waals surface area (Å²) in [7, 11) is -3.89. The third kappa shape index (κ3) is 5.55. The lowest BCUT2D eigenvalue weighted by Crippen LogP contribution is -2.40. The molecular weight excluding hydrogens is 434 g/mol. The molecule has 2 amide bonds. The van der Waals surface area contributed by atoms with E-state index in [2.05, 4.69) is 11.6 Å². The van der Waals surface area contributed by atoms with Gasteiger partial charge in [0.2, 0.25) is 5.91 Å². The van der Waals surface area contributed by atoms with Crippen molar-refractivity contribution in [3.8, 4) is 0 Å². The summed E-state index contributed by atoms with van der Waals surface area (Å²) in [5.74, 6) is -2.71. The largest absolute Gasteiger partial charge is 0.342 e. The second-order valence-electron chi connectivity index (χ2n) is 6.88. The summed E-state index contributed by atoms with van der Waals surface area (Å²) >= 11 is 7.27. The highest BCUT2D eigenvalue weighted by atomic mass is 35.5. The zero-order valence-corrected chi connectivity index (χ0v) is 18.2. The Morgan fingerprint density at radius 1 is 1.21 bits per heavy atom. The van der Waals surface area contributed by atoms with Crippen molar-refractivity contribution in [3.63, 3.8) is 0 Å². The van der Waals surface area contributed by atoms with E-state index in [1.807, 2.05) is 6.07 Å². The second kappa shape index (κ2) is 9.23. The summed E-state index contributed by atoms with van der Waals surface area (Å²) in [6, 6.07) is 5.31. The van der Waals surface area contributed by atoms with Crippen molar-refractivity contribution in [1.29, 1.82) is 0 Å². The molecule has 0 radical (unpaired) electrons. The van der Waals surface area contributed by atoms with Crippen molar-refractivity contribution in [1.82, 2.24) is 9.47 Å². The molecule has 1 aliphatic rings. The molecule has 0 saturated carbocycles. The van der Waals surface area contributed by atoms with Crippen molar-refractivity contribution >= 4 is 54.8 Å². The maximum atomic E-state index is 12.4. The predicted octanol–water partition coefficient (Wildman–Crippen LogP) is 2.40. The minimum atomic E-state index is -3.89. The number of piperidine rings is 1. The van der Waals surface area contributed by atoms with E-state index in [9.17, 15) is 18.0 Å². The maximum absolute atomic E-state index is 12.4. The van der Waals surface area contributed by atoms with Crippen LogP contribution in [0.25, 0.3) is 10.2 Å². The van der Waals surface area contributed by atoms with Crippen molar-refractivity contribution in [2.75, 3.05) is 24.6 Å². The van der Waals surface area contributed by atoms with Gasteiger partial charge in [-0.2, -0.15) is 4.99 Å². The molecule has 1 saturated heterocycles. The van der Waals surface area contributed by atoms with Gasteiger partial charge in [-0.05, 0) is 37.5 Å². The number of hydrogen-bond donors (Lipinski definition) is 0. The number of amides is 2. The fourth-order valence-corrected chi connectivity index (χ4v) is 5.67. The molecule has 0 aliphatic carbocycles. The quantitative estimate of drug-likeness (QED) is 0.625. The van der Waals surface area contributed by atoms with Gasteiger partial charge in [-0.3, -0.25) is 9.59 Å². The molecule has 29 heavy (non-hydrogen) atoms. The molecule has 0 unspecified atom stereocenters. The van der Waals surface area contributed by atoms with Crippen LogP contribution in [0.15, 0.2) is 35.8 Å². The van der Waals surface area contributed by atoms with Gasteiger partial charge < -0.3 is 9.47 Å². The molecule has 0 bridgehead atoms. The number of halogens is 1. The van der Waals surface area contributed by atoms with Crippen LogP contribution in [0.3, 0.4) is 0 Å². The molecule has 0 atom stereocenters. The van der Waals surface area contributed by atoms with Crippen LogP contribution in [0, 0.1) is 0 Å². The van der Waals surface area contributed by atoms with E-state index in [0.717, 1.165) is 29.5 Å². The fourth-order valence-electron chi connectivity index (χ4n) is 3.24. The van der Waals surface area contributed by atoms with Crippen LogP contribution in [0.5, 0.6) is 0 Å². The molecule has 1 aromatic carbocycles. The SMILES string of the molecule is C=CCn1c(=NC(=O)CS(=O)(=O)CC(=O)N2CCCCC2)sc2cc(Cl)ccc21. The number of likely N-dealkylation sites (tertiary alicyclic amines) is 1. The summed E-state index contributed by atoms with van der Waals surface area (Å²) in [6.45, 7) is 5.26. The Hall–Kier alpha value is -1.97. The highest BCUT2D eigenvalue weighted by Crippen LogP contribution is 2.22. The molecule has 156 valence electrons. The summed E-state index contributed by atoms with van der Waals surface area (Å²) < 4.78 is 27.3. The molecule has 3 rings (SSSR count). The first-order chi connectivity index (χ1) is 13.8. The number of nitrogens with zero attached hydrogens (tertiary/aromatic N) is 3. The van der Waals surface area contributed by atoms with Gasteiger partial charge in [0.15, 0.2) is 14.6 Å². The Kier molecular flexibility index (Phi) is 6.92. The van der Waals surface area contributed by atoms with Gasteiger partial charge in [-0.1, -0.05) is 29.0 Å². The summed E-state index contributed by atoms with van der Waals surface area (Å²) in [5, 5.41) is 0.557. The van der Waals surface area contributed by atoms with Gasteiger partial charge in [0, 0.05) is 24.7 Å². The molecule has 7 nitrogen and oxygen atoms in total. The van der Waals surface area contributed by atoms with E-state index in [-0.39, 0.29) is 0 Å². The van der Waals surface area contributed by atoms with Crippen LogP contribution >= 0.6 is 22.9 Å². The van der Waals surface area contributed by atoms with E-state index in [4.69, 9.17) is 11.6 Å². The molecular formula is C19H22ClN3O4S2. The molecule has 10 heteroatoms. The van der Waals surface area contributed by atoms with Crippen LogP contribution in [0.1, 0.15) is 19.3 Å². The minimum absolute atomic E-state index is 0.365. The first-order valence-electron chi connectivity index (χ1n) is 9.24. The predicted molar refractivity (Wildman–Crippen MR) is 115 cm³/mol. The number of sulfone groups is 1.